The number of rotatable bonds is 6. The normalized spacial score (nSPS) is 12.9. The summed E-state index contributed by atoms with van der Waals surface area (Å²) in [5, 5.41) is 3.61. The van der Waals surface area contributed by atoms with Crippen molar-refractivity contribution in [3.63, 3.8) is 0 Å². The summed E-state index contributed by atoms with van der Waals surface area (Å²) in [4.78, 5) is 4.20. The highest BCUT2D eigenvalue weighted by Gasteiger charge is 2.23. The van der Waals surface area contributed by atoms with Gasteiger partial charge in [0.2, 0.25) is 10.0 Å². The van der Waals surface area contributed by atoms with E-state index in [1.165, 1.54) is 36.6 Å². The van der Waals surface area contributed by atoms with Crippen LogP contribution in [0.3, 0.4) is 0 Å². The lowest BCUT2D eigenvalue weighted by Gasteiger charge is -2.18. The van der Waals surface area contributed by atoms with Gasteiger partial charge in [-0.1, -0.05) is 23.4 Å². The van der Waals surface area contributed by atoms with E-state index < -0.39 is 21.9 Å². The first-order valence-corrected chi connectivity index (χ1v) is 8.74. The zero-order valence-electron chi connectivity index (χ0n) is 12.5. The van der Waals surface area contributed by atoms with Crippen molar-refractivity contribution < 1.29 is 17.3 Å². The van der Waals surface area contributed by atoms with Crippen molar-refractivity contribution in [2.24, 2.45) is 0 Å². The second kappa shape index (κ2) is 6.90. The monoisotopic (exact) mass is 347 g/mol. The predicted octanol–water partition coefficient (Wildman–Crippen LogP) is 2.42. The van der Waals surface area contributed by atoms with Gasteiger partial charge in [-0.3, -0.25) is 4.98 Å². The molecule has 1 atom stereocenters. The lowest BCUT2D eigenvalue weighted by Crippen LogP contribution is -2.31. The van der Waals surface area contributed by atoms with E-state index in [0.717, 1.165) is 0 Å². The van der Waals surface area contributed by atoms with Crippen LogP contribution in [-0.2, 0) is 15.8 Å². The van der Waals surface area contributed by atoms with E-state index in [9.17, 15) is 12.8 Å². The summed E-state index contributed by atoms with van der Waals surface area (Å²) >= 11 is 0. The molecule has 6 nitrogen and oxygen atoms in total. The number of benzene rings is 1. The molecule has 0 saturated heterocycles. The van der Waals surface area contributed by atoms with E-state index in [0.29, 0.717) is 17.0 Å². The van der Waals surface area contributed by atoms with E-state index in [1.54, 1.807) is 24.4 Å². The van der Waals surface area contributed by atoms with Crippen LogP contribution in [0.5, 0.6) is 0 Å². The van der Waals surface area contributed by atoms with Crippen molar-refractivity contribution in [1.82, 2.24) is 14.9 Å². The molecule has 0 unspecified atom stereocenters. The SMILES string of the molecule is O=S(=O)(Cc1ccon1)N[C@H](c1ccc(F)cc1)c1ccccn1. The van der Waals surface area contributed by atoms with Gasteiger partial charge in [0.25, 0.3) is 0 Å². The minimum Gasteiger partial charge on any atom is -0.364 e. The summed E-state index contributed by atoms with van der Waals surface area (Å²) < 4.78 is 45.3. The number of sulfonamides is 1. The standard InChI is InChI=1S/C16H14FN3O3S/c17-13-6-4-12(5-7-13)16(15-3-1-2-9-18-15)20-24(21,22)11-14-8-10-23-19-14/h1-10,16,20H,11H2/t16-/m1/s1. The highest BCUT2D eigenvalue weighted by Crippen LogP contribution is 2.22. The average molecular weight is 347 g/mol. The maximum absolute atomic E-state index is 13.2. The van der Waals surface area contributed by atoms with Crippen LogP contribution < -0.4 is 4.72 Å². The van der Waals surface area contributed by atoms with Gasteiger partial charge in [-0.25, -0.2) is 17.5 Å². The molecule has 0 fully saturated rings. The molecule has 0 aliphatic rings. The van der Waals surface area contributed by atoms with Gasteiger partial charge in [-0.05, 0) is 29.8 Å². The fourth-order valence-corrected chi connectivity index (χ4v) is 3.47. The van der Waals surface area contributed by atoms with Crippen molar-refractivity contribution in [1.29, 1.82) is 0 Å². The topological polar surface area (TPSA) is 85.1 Å². The Hall–Kier alpha value is -2.58. The van der Waals surface area contributed by atoms with Gasteiger partial charge in [-0.15, -0.1) is 0 Å². The molecule has 0 aliphatic heterocycles. The summed E-state index contributed by atoms with van der Waals surface area (Å²) in [6.45, 7) is 0. The largest absolute Gasteiger partial charge is 0.364 e. The lowest BCUT2D eigenvalue weighted by molar-refractivity contribution is 0.413. The Kier molecular flexibility index (Phi) is 4.68. The third kappa shape index (κ3) is 4.03. The van der Waals surface area contributed by atoms with Gasteiger partial charge in [0.1, 0.15) is 17.8 Å². The van der Waals surface area contributed by atoms with Crippen LogP contribution in [0.15, 0.2) is 65.5 Å². The van der Waals surface area contributed by atoms with Gasteiger partial charge in [-0.2, -0.15) is 0 Å². The van der Waals surface area contributed by atoms with Gasteiger partial charge in [0.05, 0.1) is 17.4 Å². The van der Waals surface area contributed by atoms with Crippen molar-refractivity contribution in [2.75, 3.05) is 0 Å². The van der Waals surface area contributed by atoms with Crippen LogP contribution in [0.25, 0.3) is 0 Å². The molecule has 0 saturated carbocycles. The van der Waals surface area contributed by atoms with Crippen LogP contribution in [0.4, 0.5) is 4.39 Å². The highest BCUT2D eigenvalue weighted by molar-refractivity contribution is 7.88. The van der Waals surface area contributed by atoms with Crippen molar-refractivity contribution in [2.45, 2.75) is 11.8 Å². The van der Waals surface area contributed by atoms with Gasteiger partial charge < -0.3 is 4.52 Å². The molecule has 0 aliphatic carbocycles. The lowest BCUT2D eigenvalue weighted by atomic mass is 10.0. The Labute approximate surface area is 138 Å². The molecule has 2 aromatic heterocycles. The number of nitrogens with zero attached hydrogens (tertiary/aromatic N) is 2. The Morgan fingerprint density at radius 2 is 1.92 bits per heavy atom. The number of pyridine rings is 1. The zero-order valence-corrected chi connectivity index (χ0v) is 13.3. The first kappa shape index (κ1) is 16.3. The molecule has 0 bridgehead atoms. The number of nitrogens with one attached hydrogen (secondary N) is 1. The van der Waals surface area contributed by atoms with Crippen LogP contribution in [0.1, 0.15) is 23.0 Å². The zero-order chi connectivity index (χ0) is 17.0. The van der Waals surface area contributed by atoms with Crippen LogP contribution in [-0.4, -0.2) is 18.6 Å². The smallest absolute Gasteiger partial charge is 0.218 e. The average Bonchev–Trinajstić information content (AvgIpc) is 3.07. The van der Waals surface area contributed by atoms with E-state index in [4.69, 9.17) is 0 Å². The van der Waals surface area contributed by atoms with E-state index in [-0.39, 0.29) is 5.75 Å². The van der Waals surface area contributed by atoms with Gasteiger partial charge >= 0.3 is 0 Å². The van der Waals surface area contributed by atoms with E-state index in [1.807, 2.05) is 0 Å². The van der Waals surface area contributed by atoms with Crippen LogP contribution >= 0.6 is 0 Å². The summed E-state index contributed by atoms with van der Waals surface area (Å²) in [6, 6.07) is 11.5. The second-order valence-corrected chi connectivity index (χ2v) is 6.86. The Bertz CT molecular complexity index is 882. The number of hydrogen-bond acceptors (Lipinski definition) is 5. The van der Waals surface area contributed by atoms with Gasteiger partial charge in [0, 0.05) is 12.3 Å². The fourth-order valence-electron chi connectivity index (χ4n) is 2.23. The second-order valence-electron chi connectivity index (χ2n) is 5.11. The van der Waals surface area contributed by atoms with E-state index in [2.05, 4.69) is 19.4 Å². The van der Waals surface area contributed by atoms with E-state index >= 15 is 0 Å². The third-order valence-corrected chi connectivity index (χ3v) is 4.58. The maximum Gasteiger partial charge on any atom is 0.218 e. The number of hydrogen-bond donors (Lipinski definition) is 1. The summed E-state index contributed by atoms with van der Waals surface area (Å²) in [5.74, 6) is -0.724. The molecule has 0 radical (unpaired) electrons. The van der Waals surface area contributed by atoms with Gasteiger partial charge in [0.15, 0.2) is 0 Å². The molecule has 3 rings (SSSR count). The summed E-state index contributed by atoms with van der Waals surface area (Å²) in [7, 11) is -3.72. The molecule has 24 heavy (non-hydrogen) atoms. The first-order valence-electron chi connectivity index (χ1n) is 7.09. The molecule has 2 heterocycles. The molecular weight excluding hydrogens is 333 g/mol. The molecular formula is C16H14FN3O3S. The fraction of sp³-hybridized carbons (Fsp3) is 0.125. The van der Waals surface area contributed by atoms with Crippen molar-refractivity contribution in [3.05, 3.63) is 83.8 Å². The summed E-state index contributed by atoms with van der Waals surface area (Å²) in [5.41, 5.74) is 1.38. The molecule has 1 aromatic carbocycles. The third-order valence-electron chi connectivity index (χ3n) is 3.31. The number of aromatic nitrogens is 2. The number of halogens is 1. The molecule has 8 heteroatoms. The predicted molar refractivity (Wildman–Crippen MR) is 84.7 cm³/mol. The minimum absolute atomic E-state index is 0.293. The molecule has 0 spiro atoms. The molecule has 124 valence electrons. The Morgan fingerprint density at radius 3 is 2.54 bits per heavy atom. The molecule has 3 aromatic rings. The summed E-state index contributed by atoms with van der Waals surface area (Å²) in [6.07, 6.45) is 2.87. The Balaban J connectivity index is 1.91. The molecule has 1 N–H and O–H groups in total. The first-order chi connectivity index (χ1) is 11.5. The van der Waals surface area contributed by atoms with Crippen LogP contribution in [0.2, 0.25) is 0 Å². The van der Waals surface area contributed by atoms with Crippen LogP contribution in [0, 0.1) is 5.82 Å². The Morgan fingerprint density at radius 1 is 1.12 bits per heavy atom. The van der Waals surface area contributed by atoms with Crippen molar-refractivity contribution in [3.8, 4) is 0 Å². The molecule has 0 amide bonds. The minimum atomic E-state index is -3.72. The quantitative estimate of drug-likeness (QED) is 0.740. The highest BCUT2D eigenvalue weighted by atomic mass is 32.2. The maximum atomic E-state index is 13.2. The van der Waals surface area contributed by atoms with Crippen molar-refractivity contribution >= 4 is 10.0 Å².